The normalized spacial score (nSPS) is 10.9. The number of nitrogens with zero attached hydrogens (tertiary/aromatic N) is 4. The Hall–Kier alpha value is -0.680. The van der Waals surface area contributed by atoms with Crippen LogP contribution in [-0.2, 0) is 6.42 Å². The summed E-state index contributed by atoms with van der Waals surface area (Å²) in [6, 6.07) is 1.97. The van der Waals surface area contributed by atoms with E-state index in [1.54, 1.807) is 0 Å². The van der Waals surface area contributed by atoms with Crippen LogP contribution in [-0.4, -0.2) is 49.1 Å². The Balaban J connectivity index is 2.61. The number of aryl methyl sites for hydroxylation is 1. The second kappa shape index (κ2) is 6.91. The molecule has 0 saturated heterocycles. The van der Waals surface area contributed by atoms with Crippen LogP contribution in [0.4, 0.5) is 5.82 Å². The summed E-state index contributed by atoms with van der Waals surface area (Å²) in [5.41, 5.74) is 0. The van der Waals surface area contributed by atoms with E-state index < -0.39 is 0 Å². The summed E-state index contributed by atoms with van der Waals surface area (Å²) in [7, 11) is 6.26. The summed E-state index contributed by atoms with van der Waals surface area (Å²) in [6.07, 6.45) is 1.99. The molecule has 0 aromatic carbocycles. The van der Waals surface area contributed by atoms with Crippen LogP contribution < -0.4 is 4.90 Å². The Morgan fingerprint density at radius 1 is 1.18 bits per heavy atom. The maximum atomic E-state index is 4.52. The number of hydrogen-bond acceptors (Lipinski definition) is 4. The van der Waals surface area contributed by atoms with E-state index in [9.17, 15) is 0 Å². The minimum absolute atomic E-state index is 0.859. The lowest BCUT2D eigenvalue weighted by molar-refractivity contribution is 0.401. The number of anilines is 1. The number of aromatic nitrogens is 2. The first-order valence-electron chi connectivity index (χ1n) is 5.92. The van der Waals surface area contributed by atoms with Gasteiger partial charge < -0.3 is 9.80 Å². The maximum absolute atomic E-state index is 4.52. The van der Waals surface area contributed by atoms with Crippen molar-refractivity contribution in [2.24, 2.45) is 0 Å². The van der Waals surface area contributed by atoms with Crippen LogP contribution in [0, 0.1) is 0 Å². The third-order valence-corrected chi connectivity index (χ3v) is 2.94. The van der Waals surface area contributed by atoms with E-state index in [0.717, 1.165) is 42.2 Å². The van der Waals surface area contributed by atoms with Crippen molar-refractivity contribution in [3.05, 3.63) is 16.5 Å². The summed E-state index contributed by atoms with van der Waals surface area (Å²) < 4.78 is 0.860. The van der Waals surface area contributed by atoms with E-state index >= 15 is 0 Å². The van der Waals surface area contributed by atoms with Gasteiger partial charge in [0, 0.05) is 26.1 Å². The van der Waals surface area contributed by atoms with Crippen LogP contribution in [0.2, 0.25) is 0 Å². The topological polar surface area (TPSA) is 32.3 Å². The monoisotopic (exact) mass is 300 g/mol. The van der Waals surface area contributed by atoms with Crippen LogP contribution in [0.25, 0.3) is 0 Å². The second-order valence-electron chi connectivity index (χ2n) is 4.40. The molecule has 0 unspecified atom stereocenters. The van der Waals surface area contributed by atoms with Gasteiger partial charge in [0.1, 0.15) is 16.2 Å². The van der Waals surface area contributed by atoms with Crippen molar-refractivity contribution >= 4 is 21.7 Å². The van der Waals surface area contributed by atoms with Crippen molar-refractivity contribution in [2.75, 3.05) is 39.1 Å². The molecule has 1 rings (SSSR count). The largest absolute Gasteiger partial charge is 0.359 e. The van der Waals surface area contributed by atoms with Crippen molar-refractivity contribution in [3.8, 4) is 0 Å². The molecule has 0 saturated carbocycles. The van der Waals surface area contributed by atoms with E-state index in [1.165, 1.54) is 0 Å². The quantitative estimate of drug-likeness (QED) is 0.754. The van der Waals surface area contributed by atoms with E-state index in [0.29, 0.717) is 0 Å². The molecule has 1 aromatic heterocycles. The van der Waals surface area contributed by atoms with Crippen molar-refractivity contribution in [3.63, 3.8) is 0 Å². The zero-order valence-electron chi connectivity index (χ0n) is 11.1. The predicted octanol–water partition coefficient (Wildman–Crippen LogP) is 2.19. The number of halogens is 1. The first kappa shape index (κ1) is 14.4. The van der Waals surface area contributed by atoms with E-state index in [1.807, 2.05) is 6.07 Å². The lowest BCUT2D eigenvalue weighted by Gasteiger charge is -2.20. The predicted molar refractivity (Wildman–Crippen MR) is 75.6 cm³/mol. The van der Waals surface area contributed by atoms with Crippen LogP contribution >= 0.6 is 15.9 Å². The standard InChI is InChI=1S/C12H21BrN4/c1-5-11-14-10(13)9-12(15-11)17(4)8-6-7-16(2)3/h9H,5-8H2,1-4H3. The van der Waals surface area contributed by atoms with Gasteiger partial charge in [-0.1, -0.05) is 6.92 Å². The fourth-order valence-electron chi connectivity index (χ4n) is 1.54. The Labute approximate surface area is 112 Å². The molecule has 0 fully saturated rings. The minimum Gasteiger partial charge on any atom is -0.359 e. The summed E-state index contributed by atoms with van der Waals surface area (Å²) in [4.78, 5) is 13.2. The highest BCUT2D eigenvalue weighted by molar-refractivity contribution is 9.10. The van der Waals surface area contributed by atoms with Crippen LogP contribution in [0.5, 0.6) is 0 Å². The Bertz CT molecular complexity index is 354. The first-order valence-corrected chi connectivity index (χ1v) is 6.71. The van der Waals surface area contributed by atoms with Gasteiger partial charge in [-0.15, -0.1) is 0 Å². The summed E-state index contributed by atoms with van der Waals surface area (Å²) in [5.74, 6) is 1.87. The van der Waals surface area contributed by atoms with Crippen molar-refractivity contribution in [1.82, 2.24) is 14.9 Å². The Morgan fingerprint density at radius 2 is 1.88 bits per heavy atom. The van der Waals surface area contributed by atoms with Crippen LogP contribution in [0.15, 0.2) is 10.7 Å². The zero-order valence-corrected chi connectivity index (χ0v) is 12.7. The van der Waals surface area contributed by atoms with Crippen molar-refractivity contribution in [2.45, 2.75) is 19.8 Å². The molecular weight excluding hydrogens is 280 g/mol. The first-order chi connectivity index (χ1) is 8.02. The third-order valence-electron chi connectivity index (χ3n) is 2.53. The molecule has 0 bridgehead atoms. The molecule has 0 spiro atoms. The maximum Gasteiger partial charge on any atom is 0.133 e. The van der Waals surface area contributed by atoms with E-state index in [2.05, 4.69) is 63.8 Å². The summed E-state index contributed by atoms with van der Waals surface area (Å²) in [6.45, 7) is 4.17. The third kappa shape index (κ3) is 5.00. The summed E-state index contributed by atoms with van der Waals surface area (Å²) in [5, 5.41) is 0. The molecule has 17 heavy (non-hydrogen) atoms. The molecule has 0 N–H and O–H groups in total. The highest BCUT2D eigenvalue weighted by atomic mass is 79.9. The molecule has 4 nitrogen and oxygen atoms in total. The van der Waals surface area contributed by atoms with Gasteiger partial charge in [-0.05, 0) is 43.0 Å². The molecule has 0 atom stereocenters. The molecule has 0 amide bonds. The van der Waals surface area contributed by atoms with Crippen molar-refractivity contribution in [1.29, 1.82) is 0 Å². The van der Waals surface area contributed by atoms with Gasteiger partial charge in [0.05, 0.1) is 0 Å². The van der Waals surface area contributed by atoms with Gasteiger partial charge in [0.15, 0.2) is 0 Å². The number of rotatable bonds is 6. The lowest BCUT2D eigenvalue weighted by Crippen LogP contribution is -2.24. The Morgan fingerprint density at radius 3 is 2.47 bits per heavy atom. The van der Waals surface area contributed by atoms with Gasteiger partial charge in [0.25, 0.3) is 0 Å². The lowest BCUT2D eigenvalue weighted by atomic mass is 10.3. The van der Waals surface area contributed by atoms with E-state index in [-0.39, 0.29) is 0 Å². The van der Waals surface area contributed by atoms with E-state index in [4.69, 9.17) is 0 Å². The van der Waals surface area contributed by atoms with Gasteiger partial charge in [-0.3, -0.25) is 0 Å². The average molecular weight is 301 g/mol. The molecule has 0 aliphatic rings. The molecular formula is C12H21BrN4. The minimum atomic E-state index is 0.859. The average Bonchev–Trinajstić information content (AvgIpc) is 2.27. The smallest absolute Gasteiger partial charge is 0.133 e. The highest BCUT2D eigenvalue weighted by Gasteiger charge is 2.06. The molecule has 5 heteroatoms. The highest BCUT2D eigenvalue weighted by Crippen LogP contribution is 2.15. The zero-order chi connectivity index (χ0) is 12.8. The fourth-order valence-corrected chi connectivity index (χ4v) is 1.95. The van der Waals surface area contributed by atoms with Gasteiger partial charge in [-0.25, -0.2) is 9.97 Å². The SMILES string of the molecule is CCc1nc(Br)cc(N(C)CCCN(C)C)n1. The van der Waals surface area contributed by atoms with Gasteiger partial charge in [-0.2, -0.15) is 0 Å². The molecule has 0 aliphatic heterocycles. The van der Waals surface area contributed by atoms with Gasteiger partial charge in [0.2, 0.25) is 0 Å². The molecule has 0 aliphatic carbocycles. The fraction of sp³-hybridized carbons (Fsp3) is 0.667. The molecule has 96 valence electrons. The van der Waals surface area contributed by atoms with Crippen LogP contribution in [0.1, 0.15) is 19.2 Å². The molecule has 1 aromatic rings. The summed E-state index contributed by atoms with van der Waals surface area (Å²) >= 11 is 3.43. The second-order valence-corrected chi connectivity index (χ2v) is 5.21. The molecule has 0 radical (unpaired) electrons. The molecule has 1 heterocycles. The van der Waals surface area contributed by atoms with Crippen molar-refractivity contribution < 1.29 is 0 Å². The van der Waals surface area contributed by atoms with Crippen LogP contribution in [0.3, 0.4) is 0 Å². The number of hydrogen-bond donors (Lipinski definition) is 0. The Kier molecular flexibility index (Phi) is 5.85. The van der Waals surface area contributed by atoms with Gasteiger partial charge >= 0.3 is 0 Å².